The highest BCUT2D eigenvalue weighted by molar-refractivity contribution is 5.84. The van der Waals surface area contributed by atoms with Crippen LogP contribution in [0.1, 0.15) is 23.1 Å². The zero-order chi connectivity index (χ0) is 15.6. The number of ether oxygens (including phenoxy) is 1. The minimum absolute atomic E-state index is 0.639. The zero-order valence-electron chi connectivity index (χ0n) is 13.7. The van der Waals surface area contributed by atoms with Crippen molar-refractivity contribution < 1.29 is 9.22 Å². The van der Waals surface area contributed by atoms with Crippen LogP contribution in [-0.4, -0.2) is 32.2 Å². The molecule has 1 aliphatic heterocycles. The molecule has 2 aromatic rings. The molecule has 0 atom stereocenters. The van der Waals surface area contributed by atoms with E-state index in [1.165, 1.54) is 22.3 Å². The molecule has 0 amide bonds. The van der Waals surface area contributed by atoms with E-state index in [1.54, 1.807) is 0 Å². The largest absolute Gasteiger partial charge is 0.488 e. The van der Waals surface area contributed by atoms with Crippen molar-refractivity contribution in [3.8, 4) is 5.75 Å². The summed E-state index contributed by atoms with van der Waals surface area (Å²) in [5.41, 5.74) is 5.06. The Bertz CT molecular complexity index is 645. The fourth-order valence-corrected chi connectivity index (χ4v) is 2.84. The van der Waals surface area contributed by atoms with Gasteiger partial charge in [0.25, 0.3) is 0 Å². The lowest BCUT2D eigenvalue weighted by molar-refractivity contribution is -0.869. The minimum Gasteiger partial charge on any atom is -0.488 e. The van der Waals surface area contributed by atoms with Gasteiger partial charge in [0, 0.05) is 12.0 Å². The summed E-state index contributed by atoms with van der Waals surface area (Å²) >= 11 is 0. The van der Waals surface area contributed by atoms with Gasteiger partial charge in [-0.3, -0.25) is 0 Å². The quantitative estimate of drug-likeness (QED) is 0.774. The van der Waals surface area contributed by atoms with Crippen LogP contribution in [0.2, 0.25) is 0 Å². The molecule has 0 fully saturated rings. The first-order valence-electron chi connectivity index (χ1n) is 7.86. The van der Waals surface area contributed by atoms with Crippen LogP contribution in [0.15, 0.2) is 54.6 Å². The standard InChI is InChI=1S/C20H24NO/c1-21(2,3)14-8-12-18-17-10-5-4-9-16(17)15-22-20-13-7-6-11-19(18)20/h4-7,9-13H,8,14-15H2,1-3H3/q+1. The molecule has 2 heteroatoms. The number of rotatable bonds is 3. The van der Waals surface area contributed by atoms with E-state index in [0.717, 1.165) is 23.2 Å². The lowest BCUT2D eigenvalue weighted by Crippen LogP contribution is -2.34. The van der Waals surface area contributed by atoms with Gasteiger partial charge in [-0.1, -0.05) is 48.5 Å². The Morgan fingerprint density at radius 3 is 2.41 bits per heavy atom. The first-order chi connectivity index (χ1) is 10.5. The predicted molar refractivity (Wildman–Crippen MR) is 91.8 cm³/mol. The number of hydrogen-bond acceptors (Lipinski definition) is 1. The molecule has 0 saturated carbocycles. The summed E-state index contributed by atoms with van der Waals surface area (Å²) in [6.45, 7) is 1.76. The van der Waals surface area contributed by atoms with Crippen LogP contribution in [0.5, 0.6) is 5.75 Å². The van der Waals surface area contributed by atoms with Crippen molar-refractivity contribution in [3.05, 3.63) is 71.3 Å². The van der Waals surface area contributed by atoms with Crippen LogP contribution in [0.4, 0.5) is 0 Å². The van der Waals surface area contributed by atoms with Crippen molar-refractivity contribution >= 4 is 5.57 Å². The Balaban J connectivity index is 2.04. The highest BCUT2D eigenvalue weighted by Crippen LogP contribution is 2.36. The number of quaternary nitrogens is 1. The van der Waals surface area contributed by atoms with E-state index in [9.17, 15) is 0 Å². The second-order valence-electron chi connectivity index (χ2n) is 6.86. The molecule has 114 valence electrons. The van der Waals surface area contributed by atoms with Crippen LogP contribution >= 0.6 is 0 Å². The van der Waals surface area contributed by atoms with E-state index in [0.29, 0.717) is 6.61 Å². The van der Waals surface area contributed by atoms with Gasteiger partial charge >= 0.3 is 0 Å². The lowest BCUT2D eigenvalue weighted by Gasteiger charge is -2.23. The summed E-state index contributed by atoms with van der Waals surface area (Å²) in [5.74, 6) is 0.982. The number of benzene rings is 2. The summed E-state index contributed by atoms with van der Waals surface area (Å²) in [6, 6.07) is 16.9. The smallest absolute Gasteiger partial charge is 0.127 e. The Labute approximate surface area is 133 Å². The number of para-hydroxylation sites is 1. The number of nitrogens with zero attached hydrogens (tertiary/aromatic N) is 1. The zero-order valence-corrected chi connectivity index (χ0v) is 13.7. The molecule has 22 heavy (non-hydrogen) atoms. The van der Waals surface area contributed by atoms with E-state index in [1.807, 2.05) is 6.07 Å². The maximum absolute atomic E-state index is 6.01. The Morgan fingerprint density at radius 1 is 0.955 bits per heavy atom. The van der Waals surface area contributed by atoms with E-state index in [-0.39, 0.29) is 0 Å². The minimum atomic E-state index is 0.639. The molecule has 1 heterocycles. The van der Waals surface area contributed by atoms with Gasteiger partial charge in [0.05, 0.1) is 27.7 Å². The van der Waals surface area contributed by atoms with Crippen molar-refractivity contribution in [2.24, 2.45) is 0 Å². The van der Waals surface area contributed by atoms with Crippen LogP contribution in [0.25, 0.3) is 5.57 Å². The van der Waals surface area contributed by atoms with Gasteiger partial charge < -0.3 is 9.22 Å². The second kappa shape index (κ2) is 5.98. The van der Waals surface area contributed by atoms with Crippen molar-refractivity contribution in [2.45, 2.75) is 13.0 Å². The molecule has 0 radical (unpaired) electrons. The van der Waals surface area contributed by atoms with Crippen molar-refractivity contribution in [2.75, 3.05) is 27.7 Å². The molecule has 0 saturated heterocycles. The molecule has 0 aromatic heterocycles. The first kappa shape index (κ1) is 14.9. The van der Waals surface area contributed by atoms with Crippen LogP contribution in [0, 0.1) is 0 Å². The molecular weight excluding hydrogens is 270 g/mol. The molecule has 0 spiro atoms. The number of fused-ring (bicyclic) bond motifs is 2. The van der Waals surface area contributed by atoms with Gasteiger partial charge in [0.2, 0.25) is 0 Å². The lowest BCUT2D eigenvalue weighted by atomic mass is 9.93. The molecule has 0 N–H and O–H groups in total. The van der Waals surface area contributed by atoms with E-state index in [4.69, 9.17) is 4.74 Å². The van der Waals surface area contributed by atoms with E-state index >= 15 is 0 Å². The maximum Gasteiger partial charge on any atom is 0.127 e. The molecule has 1 aliphatic rings. The van der Waals surface area contributed by atoms with Gasteiger partial charge in [-0.05, 0) is 22.8 Å². The monoisotopic (exact) mass is 294 g/mol. The third kappa shape index (κ3) is 3.23. The molecular formula is C20H24NO+. The third-order valence-electron chi connectivity index (χ3n) is 4.02. The van der Waals surface area contributed by atoms with Gasteiger partial charge in [-0.15, -0.1) is 0 Å². The van der Waals surface area contributed by atoms with Gasteiger partial charge in [-0.25, -0.2) is 0 Å². The summed E-state index contributed by atoms with van der Waals surface area (Å²) in [7, 11) is 6.70. The van der Waals surface area contributed by atoms with Crippen molar-refractivity contribution in [1.29, 1.82) is 0 Å². The Morgan fingerprint density at radius 2 is 1.64 bits per heavy atom. The summed E-state index contributed by atoms with van der Waals surface area (Å²) in [4.78, 5) is 0. The van der Waals surface area contributed by atoms with Gasteiger partial charge in [0.1, 0.15) is 12.4 Å². The van der Waals surface area contributed by atoms with Crippen molar-refractivity contribution in [1.82, 2.24) is 0 Å². The highest BCUT2D eigenvalue weighted by Gasteiger charge is 2.18. The topological polar surface area (TPSA) is 9.23 Å². The molecule has 0 aliphatic carbocycles. The fraction of sp³-hybridized carbons (Fsp3) is 0.300. The van der Waals surface area contributed by atoms with Crippen LogP contribution < -0.4 is 4.74 Å². The summed E-state index contributed by atoms with van der Waals surface area (Å²) in [5, 5.41) is 0. The molecule has 0 bridgehead atoms. The van der Waals surface area contributed by atoms with Crippen molar-refractivity contribution in [3.63, 3.8) is 0 Å². The average molecular weight is 294 g/mol. The van der Waals surface area contributed by atoms with Gasteiger partial charge in [-0.2, -0.15) is 0 Å². The molecule has 2 nitrogen and oxygen atoms in total. The second-order valence-corrected chi connectivity index (χ2v) is 6.86. The maximum atomic E-state index is 6.01. The Hall–Kier alpha value is -2.06. The summed E-state index contributed by atoms with van der Waals surface area (Å²) < 4.78 is 6.98. The van der Waals surface area contributed by atoms with Crippen LogP contribution in [-0.2, 0) is 6.61 Å². The predicted octanol–water partition coefficient (Wildman–Crippen LogP) is 4.11. The molecule has 2 aromatic carbocycles. The SMILES string of the molecule is C[N+](C)(C)CCC=C1c2ccccc2COc2ccccc21. The summed E-state index contributed by atoms with van der Waals surface area (Å²) in [6.07, 6.45) is 3.43. The van der Waals surface area contributed by atoms with E-state index < -0.39 is 0 Å². The Kier molecular flexibility index (Phi) is 4.04. The third-order valence-corrected chi connectivity index (χ3v) is 4.02. The molecule has 3 rings (SSSR count). The normalized spacial score (nSPS) is 15.7. The molecule has 0 unspecified atom stereocenters. The van der Waals surface area contributed by atoms with Crippen LogP contribution in [0.3, 0.4) is 0 Å². The number of hydrogen-bond donors (Lipinski definition) is 0. The highest BCUT2D eigenvalue weighted by atomic mass is 16.5. The van der Waals surface area contributed by atoms with Gasteiger partial charge in [0.15, 0.2) is 0 Å². The van der Waals surface area contributed by atoms with E-state index in [2.05, 4.69) is 69.7 Å². The average Bonchev–Trinajstić information content (AvgIpc) is 2.64. The fourth-order valence-electron chi connectivity index (χ4n) is 2.84. The first-order valence-corrected chi connectivity index (χ1v) is 7.86.